The van der Waals surface area contributed by atoms with Gasteiger partial charge in [0.1, 0.15) is 18.6 Å². The largest absolute Gasteiger partial charge is 0.479 e. The highest BCUT2D eigenvalue weighted by molar-refractivity contribution is 6.05. The quantitative estimate of drug-likeness (QED) is 0.859. The van der Waals surface area contributed by atoms with E-state index in [2.05, 4.69) is 20.5 Å². The zero-order chi connectivity index (χ0) is 14.8. The lowest BCUT2D eigenvalue weighted by Gasteiger charge is -2.32. The molecule has 0 radical (unpaired) electrons. The number of para-hydroxylation sites is 2. The number of fused-ring (bicyclic) bond motifs is 1. The predicted octanol–water partition coefficient (Wildman–Crippen LogP) is 0.557. The Morgan fingerprint density at radius 1 is 1.48 bits per heavy atom. The number of benzene rings is 1. The summed E-state index contributed by atoms with van der Waals surface area (Å²) < 4.78 is 5.51. The molecular weight excluding hydrogens is 274 g/mol. The van der Waals surface area contributed by atoms with Crippen molar-refractivity contribution in [3.8, 4) is 5.75 Å². The molecule has 1 atom stereocenters. The second kappa shape index (κ2) is 5.23. The molecule has 1 aliphatic heterocycles. The van der Waals surface area contributed by atoms with Gasteiger partial charge in [-0.25, -0.2) is 5.10 Å². The smallest absolute Gasteiger partial charge is 0.268 e. The van der Waals surface area contributed by atoms with Crippen molar-refractivity contribution >= 4 is 23.5 Å². The Labute approximate surface area is 120 Å². The van der Waals surface area contributed by atoms with Crippen molar-refractivity contribution in [3.05, 3.63) is 30.6 Å². The molecule has 1 unspecified atom stereocenters. The summed E-state index contributed by atoms with van der Waals surface area (Å²) in [5.74, 6) is 0.185. The van der Waals surface area contributed by atoms with E-state index in [0.29, 0.717) is 11.4 Å². The minimum Gasteiger partial charge on any atom is -0.479 e. The summed E-state index contributed by atoms with van der Waals surface area (Å²) in [4.78, 5) is 29.4. The first-order valence-corrected chi connectivity index (χ1v) is 6.37. The maximum absolute atomic E-state index is 12.2. The number of carbonyl (C=O) groups is 2. The number of hydrogen-bond acceptors (Lipinski definition) is 5. The fraction of sp³-hybridized carbons (Fsp3) is 0.231. The standard InChI is InChI=1S/C13H13N5O3/c1-8-12(20)18(9-4-2-3-5-10(9)21-8)6-11(19)16-13-14-7-15-17-13/h2-5,7-8H,6H2,1H3,(H2,14,15,16,17,19). The molecule has 108 valence electrons. The van der Waals surface area contributed by atoms with Gasteiger partial charge in [0.15, 0.2) is 6.10 Å². The van der Waals surface area contributed by atoms with Gasteiger partial charge in [-0.2, -0.15) is 10.1 Å². The second-order valence-corrected chi connectivity index (χ2v) is 4.53. The van der Waals surface area contributed by atoms with Gasteiger partial charge in [0, 0.05) is 0 Å². The molecular formula is C13H13N5O3. The molecule has 2 aromatic rings. The molecule has 8 nitrogen and oxygen atoms in total. The summed E-state index contributed by atoms with van der Waals surface area (Å²) in [5.41, 5.74) is 0.577. The molecule has 0 bridgehead atoms. The Morgan fingerprint density at radius 3 is 3.05 bits per heavy atom. The summed E-state index contributed by atoms with van der Waals surface area (Å²) in [7, 11) is 0. The van der Waals surface area contributed by atoms with Crippen LogP contribution >= 0.6 is 0 Å². The average Bonchev–Trinajstić information content (AvgIpc) is 2.96. The van der Waals surface area contributed by atoms with Gasteiger partial charge in [-0.05, 0) is 19.1 Å². The maximum Gasteiger partial charge on any atom is 0.268 e. The van der Waals surface area contributed by atoms with E-state index in [4.69, 9.17) is 4.74 Å². The van der Waals surface area contributed by atoms with E-state index in [0.717, 1.165) is 0 Å². The number of aromatic amines is 1. The Kier molecular flexibility index (Phi) is 3.27. The van der Waals surface area contributed by atoms with Crippen LogP contribution in [0.15, 0.2) is 30.6 Å². The Balaban J connectivity index is 1.80. The van der Waals surface area contributed by atoms with Gasteiger partial charge >= 0.3 is 0 Å². The van der Waals surface area contributed by atoms with Crippen LogP contribution in [0.3, 0.4) is 0 Å². The number of anilines is 2. The third-order valence-corrected chi connectivity index (χ3v) is 3.05. The maximum atomic E-state index is 12.2. The number of amides is 2. The molecule has 0 spiro atoms. The van der Waals surface area contributed by atoms with E-state index < -0.39 is 6.10 Å². The molecule has 0 saturated carbocycles. The monoisotopic (exact) mass is 287 g/mol. The molecule has 1 aromatic heterocycles. The molecule has 8 heteroatoms. The minimum absolute atomic E-state index is 0.121. The van der Waals surface area contributed by atoms with Crippen LogP contribution in [0.1, 0.15) is 6.92 Å². The van der Waals surface area contributed by atoms with Gasteiger partial charge in [-0.15, -0.1) is 0 Å². The lowest BCUT2D eigenvalue weighted by atomic mass is 10.2. The van der Waals surface area contributed by atoms with Crippen LogP contribution in [0, 0.1) is 0 Å². The van der Waals surface area contributed by atoms with Crippen molar-refractivity contribution in [1.82, 2.24) is 15.2 Å². The van der Waals surface area contributed by atoms with Gasteiger partial charge in [-0.1, -0.05) is 12.1 Å². The molecule has 2 amide bonds. The predicted molar refractivity (Wildman–Crippen MR) is 73.9 cm³/mol. The van der Waals surface area contributed by atoms with Gasteiger partial charge in [0.2, 0.25) is 11.9 Å². The van der Waals surface area contributed by atoms with Crippen LogP contribution in [0.25, 0.3) is 0 Å². The van der Waals surface area contributed by atoms with E-state index >= 15 is 0 Å². The summed E-state index contributed by atoms with van der Waals surface area (Å²) in [6.07, 6.45) is 0.658. The zero-order valence-corrected chi connectivity index (χ0v) is 11.2. The molecule has 0 saturated heterocycles. The van der Waals surface area contributed by atoms with Gasteiger partial charge in [0.05, 0.1) is 5.69 Å². The Hall–Kier alpha value is -2.90. The topological polar surface area (TPSA) is 100 Å². The Bertz CT molecular complexity index is 670. The van der Waals surface area contributed by atoms with Gasteiger partial charge < -0.3 is 4.74 Å². The second-order valence-electron chi connectivity index (χ2n) is 4.53. The van der Waals surface area contributed by atoms with Crippen molar-refractivity contribution in [2.24, 2.45) is 0 Å². The molecule has 3 rings (SSSR count). The SMILES string of the molecule is CC1Oc2ccccc2N(CC(=O)Nc2ncn[nH]2)C1=O. The first-order valence-electron chi connectivity index (χ1n) is 6.37. The van der Waals surface area contributed by atoms with Crippen molar-refractivity contribution in [2.45, 2.75) is 13.0 Å². The highest BCUT2D eigenvalue weighted by Gasteiger charge is 2.32. The third-order valence-electron chi connectivity index (χ3n) is 3.05. The molecule has 2 heterocycles. The van der Waals surface area contributed by atoms with Crippen molar-refractivity contribution < 1.29 is 14.3 Å². The van der Waals surface area contributed by atoms with Crippen LogP contribution in [-0.2, 0) is 9.59 Å². The highest BCUT2D eigenvalue weighted by atomic mass is 16.5. The van der Waals surface area contributed by atoms with Crippen molar-refractivity contribution in [2.75, 3.05) is 16.8 Å². The zero-order valence-electron chi connectivity index (χ0n) is 11.2. The van der Waals surface area contributed by atoms with E-state index in [9.17, 15) is 9.59 Å². The summed E-state index contributed by atoms with van der Waals surface area (Å²) in [6, 6.07) is 7.10. The molecule has 1 aliphatic rings. The molecule has 2 N–H and O–H groups in total. The third kappa shape index (κ3) is 2.55. The number of nitrogens with one attached hydrogen (secondary N) is 2. The lowest BCUT2D eigenvalue weighted by Crippen LogP contribution is -2.47. The molecule has 0 fully saturated rings. The highest BCUT2D eigenvalue weighted by Crippen LogP contribution is 2.33. The fourth-order valence-corrected chi connectivity index (χ4v) is 2.10. The van der Waals surface area contributed by atoms with Crippen LogP contribution in [0.2, 0.25) is 0 Å². The lowest BCUT2D eigenvalue weighted by molar-refractivity contribution is -0.127. The van der Waals surface area contributed by atoms with E-state index in [1.54, 1.807) is 25.1 Å². The number of aromatic nitrogens is 3. The molecule has 21 heavy (non-hydrogen) atoms. The number of nitrogens with zero attached hydrogens (tertiary/aromatic N) is 3. The number of H-pyrrole nitrogens is 1. The first kappa shape index (κ1) is 13.1. The fourth-order valence-electron chi connectivity index (χ4n) is 2.10. The van der Waals surface area contributed by atoms with Crippen LogP contribution in [0.4, 0.5) is 11.6 Å². The van der Waals surface area contributed by atoms with Crippen LogP contribution in [0.5, 0.6) is 5.75 Å². The van der Waals surface area contributed by atoms with Gasteiger partial charge in [-0.3, -0.25) is 19.8 Å². The van der Waals surface area contributed by atoms with Crippen LogP contribution in [-0.4, -0.2) is 39.6 Å². The Morgan fingerprint density at radius 2 is 2.29 bits per heavy atom. The van der Waals surface area contributed by atoms with E-state index in [1.165, 1.54) is 11.2 Å². The van der Waals surface area contributed by atoms with Crippen LogP contribution < -0.4 is 15.0 Å². The molecule has 0 aliphatic carbocycles. The van der Waals surface area contributed by atoms with Crippen molar-refractivity contribution in [3.63, 3.8) is 0 Å². The number of ether oxygens (including phenoxy) is 1. The van der Waals surface area contributed by atoms with Crippen molar-refractivity contribution in [1.29, 1.82) is 0 Å². The number of rotatable bonds is 3. The molecule has 1 aromatic carbocycles. The normalized spacial score (nSPS) is 17.1. The van der Waals surface area contributed by atoms with E-state index in [-0.39, 0.29) is 24.3 Å². The summed E-state index contributed by atoms with van der Waals surface area (Å²) in [6.45, 7) is 1.53. The van der Waals surface area contributed by atoms with E-state index in [1.807, 2.05) is 6.07 Å². The summed E-state index contributed by atoms with van der Waals surface area (Å²) in [5, 5.41) is 8.69. The number of carbonyl (C=O) groups excluding carboxylic acids is 2. The summed E-state index contributed by atoms with van der Waals surface area (Å²) >= 11 is 0. The first-order chi connectivity index (χ1) is 10.1. The average molecular weight is 287 g/mol. The van der Waals surface area contributed by atoms with Gasteiger partial charge in [0.25, 0.3) is 5.91 Å². The number of hydrogen-bond donors (Lipinski definition) is 2. The minimum atomic E-state index is -0.627.